The van der Waals surface area contributed by atoms with Crippen LogP contribution in [0.15, 0.2) is 94.7 Å². The fourth-order valence-electron chi connectivity index (χ4n) is 7.07. The largest absolute Gasteiger partial charge is 0.344 e. The van der Waals surface area contributed by atoms with Crippen molar-refractivity contribution in [2.75, 3.05) is 29.5 Å². The molecule has 2 heterocycles. The zero-order valence-electron chi connectivity index (χ0n) is 27.4. The van der Waals surface area contributed by atoms with Gasteiger partial charge in [-0.15, -0.1) is 4.33 Å². The summed E-state index contributed by atoms with van der Waals surface area (Å²) in [6.45, 7) is 10.1. The number of anilines is 1. The molecule has 5 rings (SSSR count). The van der Waals surface area contributed by atoms with Crippen molar-refractivity contribution < 1.29 is 32.2 Å². The number of rotatable bonds is 13. The van der Waals surface area contributed by atoms with Gasteiger partial charge in [0.15, 0.2) is 5.71 Å². The van der Waals surface area contributed by atoms with E-state index in [2.05, 4.69) is 107 Å². The third-order valence-electron chi connectivity index (χ3n) is 9.41. The molecule has 0 aromatic heterocycles. The van der Waals surface area contributed by atoms with Crippen LogP contribution in [0.25, 0.3) is 0 Å². The monoisotopic (exact) mass is 699 g/mol. The fourth-order valence-corrected chi connectivity index (χ4v) is 8.24. The molecule has 252 valence electrons. The maximum absolute atomic E-state index is 11.5. The second-order valence-electron chi connectivity index (χ2n) is 13.2. The highest BCUT2D eigenvalue weighted by molar-refractivity contribution is 7.94. The zero-order valence-corrected chi connectivity index (χ0v) is 29.8. The molecule has 11 heteroatoms. The second-order valence-corrected chi connectivity index (χ2v) is 15.9. The number of nitrogens with zero attached hydrogens (tertiary/aromatic N) is 2. The molecular weight excluding hydrogens is 656 g/mol. The molecule has 2 N–H and O–H groups in total. The van der Waals surface area contributed by atoms with Crippen molar-refractivity contribution in [3.8, 4) is 0 Å². The van der Waals surface area contributed by atoms with E-state index in [9.17, 15) is 13.0 Å². The van der Waals surface area contributed by atoms with Gasteiger partial charge in [0.25, 0.3) is 10.1 Å². The molecule has 0 radical (unpaired) electrons. The molecule has 1 aliphatic carbocycles. The Morgan fingerprint density at radius 1 is 0.979 bits per heavy atom. The number of hydrogen-bond donors (Lipinski definition) is 2. The van der Waals surface area contributed by atoms with Crippen molar-refractivity contribution in [2.45, 2.75) is 70.6 Å². The number of fused-ring (bicyclic) bond motifs is 2. The summed E-state index contributed by atoms with van der Waals surface area (Å²) < 4.78 is 39.2. The van der Waals surface area contributed by atoms with Crippen molar-refractivity contribution in [1.29, 1.82) is 0 Å². The Morgan fingerprint density at radius 2 is 1.70 bits per heavy atom. The average molecular weight is 700 g/mol. The Labute approximate surface area is 287 Å². The molecule has 8 nitrogen and oxygen atoms in total. The molecule has 0 fully saturated rings. The minimum Gasteiger partial charge on any atom is -0.344 e. The maximum atomic E-state index is 11.5. The van der Waals surface area contributed by atoms with Crippen LogP contribution in [-0.2, 0) is 30.3 Å². The van der Waals surface area contributed by atoms with E-state index < -0.39 is 10.1 Å². The molecule has 3 aliphatic rings. The number of halogens is 1. The fraction of sp³-hybridized carbons (Fsp3) is 0.417. The van der Waals surface area contributed by atoms with Crippen LogP contribution in [0, 0.1) is 0 Å². The van der Waals surface area contributed by atoms with E-state index in [4.69, 9.17) is 16.9 Å². The molecule has 0 amide bonds. The third kappa shape index (κ3) is 7.80. The van der Waals surface area contributed by atoms with Gasteiger partial charge in [0.1, 0.15) is 6.54 Å². The van der Waals surface area contributed by atoms with Crippen LogP contribution in [0.3, 0.4) is 0 Å². The van der Waals surface area contributed by atoms with E-state index in [0.717, 1.165) is 71.8 Å². The van der Waals surface area contributed by atoms with E-state index in [1.54, 1.807) is 0 Å². The van der Waals surface area contributed by atoms with Crippen molar-refractivity contribution in [2.24, 2.45) is 0 Å². The molecule has 0 atom stereocenters. The van der Waals surface area contributed by atoms with Crippen molar-refractivity contribution >= 4 is 50.8 Å². The zero-order chi connectivity index (χ0) is 33.8. The van der Waals surface area contributed by atoms with Gasteiger partial charge >= 0.3 is 0 Å². The molecule has 0 unspecified atom stereocenters. The first-order chi connectivity index (χ1) is 22.4. The summed E-state index contributed by atoms with van der Waals surface area (Å²) in [4.78, 5) is 2.17. The summed E-state index contributed by atoms with van der Waals surface area (Å²) in [7, 11) is -4.04. The molecular formula is C36H44ClN2O6S2+. The normalized spacial score (nSPS) is 20.6. The molecule has 2 aromatic carbocycles. The first-order valence-corrected chi connectivity index (χ1v) is 18.9. The Hall–Kier alpha value is -2.70. The van der Waals surface area contributed by atoms with Crippen LogP contribution in [0.5, 0.6) is 0 Å². The lowest BCUT2D eigenvalue weighted by molar-refractivity contribution is -0.438. The lowest BCUT2D eigenvalue weighted by atomic mass is 9.81. The van der Waals surface area contributed by atoms with Crippen LogP contribution in [0.4, 0.5) is 11.4 Å². The molecule has 0 spiro atoms. The van der Waals surface area contributed by atoms with E-state index in [1.165, 1.54) is 22.5 Å². The topological polar surface area (TPSA) is 99.3 Å². The Kier molecular flexibility index (Phi) is 11.2. The van der Waals surface area contributed by atoms with E-state index >= 15 is 0 Å². The quantitative estimate of drug-likeness (QED) is 0.0536. The lowest BCUT2D eigenvalue weighted by Gasteiger charge is -2.27. The van der Waals surface area contributed by atoms with Gasteiger partial charge in [-0.25, -0.2) is 5.26 Å². The van der Waals surface area contributed by atoms with Crippen molar-refractivity contribution in [3.63, 3.8) is 0 Å². The predicted octanol–water partition coefficient (Wildman–Crippen LogP) is 8.64. The maximum Gasteiger partial charge on any atom is 0.264 e. The molecule has 0 bridgehead atoms. The minimum absolute atomic E-state index is 0.197. The van der Waals surface area contributed by atoms with E-state index in [1.807, 2.05) is 12.1 Å². The van der Waals surface area contributed by atoms with Gasteiger partial charge in [-0.1, -0.05) is 79.0 Å². The number of benzene rings is 2. The van der Waals surface area contributed by atoms with E-state index in [-0.39, 0.29) is 16.6 Å². The Balaban J connectivity index is 1.44. The second kappa shape index (κ2) is 14.8. The highest BCUT2D eigenvalue weighted by atomic mass is 35.5. The number of hydrogen-bond acceptors (Lipinski definition) is 7. The Morgan fingerprint density at radius 3 is 2.45 bits per heavy atom. The molecule has 0 saturated heterocycles. The highest BCUT2D eigenvalue weighted by Crippen LogP contribution is 2.48. The smallest absolute Gasteiger partial charge is 0.264 e. The SMILES string of the molecule is CC1(C)C(/C=C/C2=C(Cl)C(=C/C=C3\N(CCCS(=O)(=O)O)c4ccccc4C3(C)C)/CCC2)=[N+](CCCSOOO)c2ccccc21. The van der Waals surface area contributed by atoms with Crippen LogP contribution in [0.2, 0.25) is 0 Å². The van der Waals surface area contributed by atoms with Crippen molar-refractivity contribution in [1.82, 2.24) is 0 Å². The highest BCUT2D eigenvalue weighted by Gasteiger charge is 2.44. The number of allylic oxidation sites excluding steroid dienone is 8. The predicted molar refractivity (Wildman–Crippen MR) is 191 cm³/mol. The summed E-state index contributed by atoms with van der Waals surface area (Å²) in [5, 5.41) is 13.0. The van der Waals surface area contributed by atoms with Gasteiger partial charge in [0.2, 0.25) is 5.69 Å². The summed E-state index contributed by atoms with van der Waals surface area (Å²) in [6.07, 6.45) is 12.5. The molecule has 47 heavy (non-hydrogen) atoms. The van der Waals surface area contributed by atoms with Gasteiger partial charge < -0.3 is 4.90 Å². The lowest BCUT2D eigenvalue weighted by Crippen LogP contribution is -2.28. The summed E-state index contributed by atoms with van der Waals surface area (Å²) >= 11 is 8.20. The van der Waals surface area contributed by atoms with Gasteiger partial charge in [0.05, 0.1) is 11.2 Å². The minimum atomic E-state index is -4.04. The molecule has 2 aromatic rings. The summed E-state index contributed by atoms with van der Waals surface area (Å²) in [5.41, 5.74) is 8.66. The van der Waals surface area contributed by atoms with E-state index in [0.29, 0.717) is 18.7 Å². The first-order valence-electron chi connectivity index (χ1n) is 16.0. The first kappa shape index (κ1) is 35.6. The van der Waals surface area contributed by atoms with Gasteiger partial charge in [0, 0.05) is 70.3 Å². The number of para-hydroxylation sites is 2. The standard InChI is InChI=1S/C36H43ClN2O6S2/c1-35(2)28-14-5-7-16-30(28)38(22-10-24-46-45-44-40)32(35)20-18-26-12-9-13-27(34(26)37)19-21-33-36(3,4)29-15-6-8-17-31(29)39(33)23-11-25-47(41,42)43/h5-8,14-21H,9-13,22-25H2,1-4H3,(H-,40,41,42,43)/p+1. The Bertz CT molecular complexity index is 1760. The van der Waals surface area contributed by atoms with Crippen LogP contribution in [-0.4, -0.2) is 53.1 Å². The molecule has 2 aliphatic heterocycles. The summed E-state index contributed by atoms with van der Waals surface area (Å²) in [5.74, 6) is 0.381. The van der Waals surface area contributed by atoms with Gasteiger partial charge in [-0.05, 0) is 68.4 Å². The van der Waals surface area contributed by atoms with Crippen LogP contribution in [0.1, 0.15) is 70.9 Å². The molecule has 0 saturated carbocycles. The summed E-state index contributed by atoms with van der Waals surface area (Å²) in [6, 6.07) is 16.7. The van der Waals surface area contributed by atoms with Crippen LogP contribution < -0.4 is 4.90 Å². The van der Waals surface area contributed by atoms with Gasteiger partial charge in [-0.2, -0.15) is 13.0 Å². The third-order valence-corrected chi connectivity index (χ3v) is 11.3. The van der Waals surface area contributed by atoms with Gasteiger partial charge in [-0.3, -0.25) is 4.55 Å². The van der Waals surface area contributed by atoms with Crippen LogP contribution >= 0.6 is 23.6 Å². The van der Waals surface area contributed by atoms with Crippen molar-refractivity contribution in [3.05, 3.63) is 106 Å². The average Bonchev–Trinajstić information content (AvgIpc) is 3.38.